The van der Waals surface area contributed by atoms with Gasteiger partial charge in [-0.05, 0) is 11.6 Å². The lowest BCUT2D eigenvalue weighted by Crippen LogP contribution is -2.72. The summed E-state index contributed by atoms with van der Waals surface area (Å²) < 4.78 is 0. The smallest absolute Gasteiger partial charge is 0.256 e. The van der Waals surface area contributed by atoms with Crippen molar-refractivity contribution in [2.75, 3.05) is 18.5 Å². The lowest BCUT2D eigenvalue weighted by molar-refractivity contribution is -0.181. The largest absolute Gasteiger partial charge is 0.380 e. The standard InChI is InChI=1S/C18H16N2O3/c1-19-14-10-6-5-9-13(14)18(12-7-3-2-4-8-12)16(22)17(23)20(18)11-15(19)21/h2-10,16,22H,11H2,1H3/t16-,18-/m1/s1. The molecule has 1 N–H and O–H groups in total. The van der Waals surface area contributed by atoms with Crippen LogP contribution < -0.4 is 4.90 Å². The first-order valence-electron chi connectivity index (χ1n) is 7.49. The highest BCUT2D eigenvalue weighted by molar-refractivity contribution is 6.04. The van der Waals surface area contributed by atoms with E-state index >= 15 is 0 Å². The predicted molar refractivity (Wildman–Crippen MR) is 84.8 cm³/mol. The summed E-state index contributed by atoms with van der Waals surface area (Å²) >= 11 is 0. The summed E-state index contributed by atoms with van der Waals surface area (Å²) in [7, 11) is 1.70. The molecule has 116 valence electrons. The molecule has 2 atom stereocenters. The van der Waals surface area contributed by atoms with Crippen LogP contribution in [-0.2, 0) is 15.1 Å². The highest BCUT2D eigenvalue weighted by Crippen LogP contribution is 2.51. The van der Waals surface area contributed by atoms with Crippen LogP contribution in [0, 0.1) is 0 Å². The lowest BCUT2D eigenvalue weighted by atomic mass is 9.70. The minimum absolute atomic E-state index is 0.0457. The number of hydrogen-bond donors (Lipinski definition) is 1. The molecule has 0 unspecified atom stereocenters. The maximum Gasteiger partial charge on any atom is 0.256 e. The quantitative estimate of drug-likeness (QED) is 0.803. The number of amides is 2. The minimum atomic E-state index is -1.19. The van der Waals surface area contributed by atoms with Crippen molar-refractivity contribution in [1.82, 2.24) is 4.90 Å². The number of para-hydroxylation sites is 1. The van der Waals surface area contributed by atoms with Gasteiger partial charge in [-0.15, -0.1) is 0 Å². The number of β-lactam (4-membered cyclic amide) rings is 1. The number of likely N-dealkylation sites (N-methyl/N-ethyl adjacent to an activating group) is 1. The van der Waals surface area contributed by atoms with Gasteiger partial charge in [0.2, 0.25) is 5.91 Å². The molecular weight excluding hydrogens is 292 g/mol. The van der Waals surface area contributed by atoms with Crippen molar-refractivity contribution in [2.24, 2.45) is 0 Å². The maximum absolute atomic E-state index is 12.4. The summed E-state index contributed by atoms with van der Waals surface area (Å²) in [6, 6.07) is 16.8. The van der Waals surface area contributed by atoms with E-state index in [9.17, 15) is 14.7 Å². The molecule has 2 aromatic rings. The van der Waals surface area contributed by atoms with Gasteiger partial charge in [-0.1, -0.05) is 48.5 Å². The third-order valence-corrected chi connectivity index (χ3v) is 4.88. The van der Waals surface area contributed by atoms with Crippen LogP contribution in [-0.4, -0.2) is 41.5 Å². The summed E-state index contributed by atoms with van der Waals surface area (Å²) in [5, 5.41) is 10.6. The van der Waals surface area contributed by atoms with Crippen molar-refractivity contribution in [1.29, 1.82) is 0 Å². The molecule has 2 amide bonds. The fraction of sp³-hybridized carbons (Fsp3) is 0.222. The normalized spacial score (nSPS) is 26.3. The van der Waals surface area contributed by atoms with Gasteiger partial charge in [0, 0.05) is 18.3 Å². The van der Waals surface area contributed by atoms with Gasteiger partial charge in [-0.2, -0.15) is 0 Å². The summed E-state index contributed by atoms with van der Waals surface area (Å²) in [5.41, 5.74) is 1.29. The Morgan fingerprint density at radius 2 is 1.70 bits per heavy atom. The molecule has 2 aromatic carbocycles. The molecule has 5 nitrogen and oxygen atoms in total. The van der Waals surface area contributed by atoms with Crippen molar-refractivity contribution < 1.29 is 14.7 Å². The highest BCUT2D eigenvalue weighted by atomic mass is 16.3. The fourth-order valence-electron chi connectivity index (χ4n) is 3.70. The third-order valence-electron chi connectivity index (χ3n) is 4.88. The topological polar surface area (TPSA) is 60.9 Å². The molecule has 4 rings (SSSR count). The Morgan fingerprint density at radius 3 is 2.43 bits per heavy atom. The van der Waals surface area contributed by atoms with E-state index in [0.29, 0.717) is 0 Å². The zero-order valence-electron chi connectivity index (χ0n) is 12.6. The summed E-state index contributed by atoms with van der Waals surface area (Å²) in [4.78, 5) is 27.8. The Bertz CT molecular complexity index is 805. The fourth-order valence-corrected chi connectivity index (χ4v) is 3.70. The van der Waals surface area contributed by atoms with E-state index in [1.54, 1.807) is 11.9 Å². The number of fused-ring (bicyclic) bond motifs is 3. The Morgan fingerprint density at radius 1 is 1.04 bits per heavy atom. The number of anilines is 1. The van der Waals surface area contributed by atoms with E-state index in [1.807, 2.05) is 54.6 Å². The van der Waals surface area contributed by atoms with Gasteiger partial charge in [0.15, 0.2) is 6.10 Å². The van der Waals surface area contributed by atoms with Crippen LogP contribution in [0.1, 0.15) is 11.1 Å². The number of aliphatic hydroxyl groups is 1. The molecule has 5 heteroatoms. The molecule has 2 heterocycles. The summed E-state index contributed by atoms with van der Waals surface area (Å²) in [6.07, 6.45) is -1.19. The first-order chi connectivity index (χ1) is 11.1. The van der Waals surface area contributed by atoms with Gasteiger partial charge < -0.3 is 14.9 Å². The van der Waals surface area contributed by atoms with Crippen LogP contribution in [0.4, 0.5) is 5.69 Å². The van der Waals surface area contributed by atoms with E-state index in [4.69, 9.17) is 0 Å². The van der Waals surface area contributed by atoms with Crippen LogP contribution in [0.5, 0.6) is 0 Å². The average molecular weight is 308 g/mol. The Hall–Kier alpha value is -2.66. The highest BCUT2D eigenvalue weighted by Gasteiger charge is 2.64. The van der Waals surface area contributed by atoms with Gasteiger partial charge in [0.05, 0.1) is 0 Å². The van der Waals surface area contributed by atoms with Crippen molar-refractivity contribution >= 4 is 17.5 Å². The van der Waals surface area contributed by atoms with Crippen molar-refractivity contribution in [2.45, 2.75) is 11.6 Å². The SMILES string of the molecule is CN1C(=O)CN2C(=O)[C@@H](O)[C@@]2(c2ccccc2)c2ccccc21. The van der Waals surface area contributed by atoms with Crippen molar-refractivity contribution in [3.05, 3.63) is 65.7 Å². The van der Waals surface area contributed by atoms with Gasteiger partial charge in [-0.25, -0.2) is 0 Å². The monoisotopic (exact) mass is 308 g/mol. The second-order valence-corrected chi connectivity index (χ2v) is 5.93. The van der Waals surface area contributed by atoms with Crippen molar-refractivity contribution in [3.8, 4) is 0 Å². The molecule has 23 heavy (non-hydrogen) atoms. The molecular formula is C18H16N2O3. The van der Waals surface area contributed by atoms with Crippen LogP contribution in [0.2, 0.25) is 0 Å². The Kier molecular flexibility index (Phi) is 2.83. The molecule has 0 spiro atoms. The van der Waals surface area contributed by atoms with E-state index in [0.717, 1.165) is 16.8 Å². The number of benzene rings is 2. The van der Waals surface area contributed by atoms with E-state index < -0.39 is 17.6 Å². The zero-order chi connectivity index (χ0) is 16.2. The number of hydrogen-bond acceptors (Lipinski definition) is 3. The molecule has 0 saturated carbocycles. The summed E-state index contributed by atoms with van der Waals surface area (Å²) in [6.45, 7) is -0.0457. The number of nitrogens with zero attached hydrogens (tertiary/aromatic N) is 2. The van der Waals surface area contributed by atoms with Gasteiger partial charge in [0.25, 0.3) is 5.91 Å². The molecule has 0 radical (unpaired) electrons. The Labute approximate surface area is 133 Å². The Balaban J connectivity index is 2.05. The van der Waals surface area contributed by atoms with Crippen LogP contribution in [0.25, 0.3) is 0 Å². The number of aliphatic hydroxyl groups excluding tert-OH is 1. The van der Waals surface area contributed by atoms with Gasteiger partial charge in [0.1, 0.15) is 12.1 Å². The van der Waals surface area contributed by atoms with E-state index in [1.165, 1.54) is 4.90 Å². The molecule has 0 bridgehead atoms. The molecule has 0 aromatic heterocycles. The van der Waals surface area contributed by atoms with E-state index in [2.05, 4.69) is 0 Å². The summed E-state index contributed by atoms with van der Waals surface area (Å²) in [5.74, 6) is -0.581. The first kappa shape index (κ1) is 14.0. The maximum atomic E-state index is 12.4. The number of rotatable bonds is 1. The number of carbonyl (C=O) groups is 2. The first-order valence-corrected chi connectivity index (χ1v) is 7.49. The van der Waals surface area contributed by atoms with Crippen LogP contribution in [0.3, 0.4) is 0 Å². The molecule has 1 saturated heterocycles. The van der Waals surface area contributed by atoms with Crippen LogP contribution in [0.15, 0.2) is 54.6 Å². The van der Waals surface area contributed by atoms with Gasteiger partial charge in [-0.3, -0.25) is 9.59 Å². The minimum Gasteiger partial charge on any atom is -0.380 e. The molecule has 2 aliphatic rings. The van der Waals surface area contributed by atoms with E-state index in [-0.39, 0.29) is 12.5 Å². The zero-order valence-corrected chi connectivity index (χ0v) is 12.6. The van der Waals surface area contributed by atoms with Crippen LogP contribution >= 0.6 is 0 Å². The number of carbonyl (C=O) groups excluding carboxylic acids is 2. The second-order valence-electron chi connectivity index (χ2n) is 5.93. The average Bonchev–Trinajstić information content (AvgIpc) is 2.69. The second kappa shape index (κ2) is 4.67. The van der Waals surface area contributed by atoms with Gasteiger partial charge >= 0.3 is 0 Å². The molecule has 0 aliphatic carbocycles. The van der Waals surface area contributed by atoms with Crippen molar-refractivity contribution in [3.63, 3.8) is 0 Å². The molecule has 2 aliphatic heterocycles. The third kappa shape index (κ3) is 1.60. The predicted octanol–water partition coefficient (Wildman–Crippen LogP) is 1.11. The molecule has 1 fully saturated rings. The lowest BCUT2D eigenvalue weighted by Gasteiger charge is -2.54.